The van der Waals surface area contributed by atoms with E-state index in [9.17, 15) is 33.6 Å². The van der Waals surface area contributed by atoms with Gasteiger partial charge in [-0.05, 0) is 35.6 Å². The van der Waals surface area contributed by atoms with E-state index in [-0.39, 0.29) is 49.6 Å². The summed E-state index contributed by atoms with van der Waals surface area (Å²) >= 11 is 0. The largest absolute Gasteiger partial charge is 0.481 e. The highest BCUT2D eigenvalue weighted by molar-refractivity contribution is 5.99. The van der Waals surface area contributed by atoms with E-state index in [2.05, 4.69) is 26.6 Å². The number of aliphatic carboxylic acids is 1. The molecule has 0 aliphatic heterocycles. The summed E-state index contributed by atoms with van der Waals surface area (Å²) in [5, 5.41) is 21.6. The Kier molecular flexibility index (Phi) is 13.4. The second-order valence-corrected chi connectivity index (χ2v) is 10.9. The van der Waals surface area contributed by atoms with Crippen LogP contribution in [0.1, 0.15) is 37.8 Å². The van der Waals surface area contributed by atoms with E-state index >= 15 is 0 Å². The molecule has 0 aliphatic rings. The van der Waals surface area contributed by atoms with Crippen molar-refractivity contribution in [1.29, 1.82) is 0 Å². The molecule has 15 heteroatoms. The zero-order valence-corrected chi connectivity index (χ0v) is 25.9. The summed E-state index contributed by atoms with van der Waals surface area (Å²) in [4.78, 5) is 84.8. The number of ether oxygens (including phenoxy) is 1. The summed E-state index contributed by atoms with van der Waals surface area (Å²) in [6.45, 7) is 2.82. The molecule has 15 nitrogen and oxygen atoms in total. The van der Waals surface area contributed by atoms with Crippen LogP contribution in [-0.2, 0) is 41.7 Å². The second-order valence-electron chi connectivity index (χ2n) is 10.9. The zero-order valence-electron chi connectivity index (χ0n) is 25.9. The van der Waals surface area contributed by atoms with Crippen molar-refractivity contribution < 1.29 is 43.0 Å². The molecule has 1 aromatic heterocycles. The summed E-state index contributed by atoms with van der Waals surface area (Å²) in [6.07, 6.45) is -0.972. The molecule has 6 N–H and O–H groups in total. The monoisotopic (exact) mass is 651 g/mol. The number of hydrogen-bond acceptors (Lipinski definition) is 9. The maximum atomic E-state index is 13.2. The molecule has 0 aliphatic carbocycles. The number of carbonyl (C=O) groups excluding carboxylic acids is 5. The first kappa shape index (κ1) is 35.7. The predicted molar refractivity (Wildman–Crippen MR) is 169 cm³/mol. The van der Waals surface area contributed by atoms with E-state index in [0.717, 1.165) is 11.6 Å². The second kappa shape index (κ2) is 17.7. The smallest absolute Gasteiger partial charge is 0.407 e. The summed E-state index contributed by atoms with van der Waals surface area (Å²) in [5.74, 6) is -3.37. The SMILES string of the molecule is CC(C)C[C@H](NC(=O)CNC(=O)CNC(=O)OCc1ccccc1)C(=O)Nc1ccc2c(CC(=O)NCCC(=O)O)cc(=O)oc2c1. The van der Waals surface area contributed by atoms with Gasteiger partial charge in [0.1, 0.15) is 24.8 Å². The van der Waals surface area contributed by atoms with Crippen molar-refractivity contribution in [3.63, 3.8) is 0 Å². The molecule has 1 atom stereocenters. The average molecular weight is 652 g/mol. The van der Waals surface area contributed by atoms with Crippen LogP contribution in [0.15, 0.2) is 63.8 Å². The maximum Gasteiger partial charge on any atom is 0.407 e. The van der Waals surface area contributed by atoms with Crippen LogP contribution in [0.3, 0.4) is 0 Å². The Labute approximate surface area is 269 Å². The Hall–Kier alpha value is -5.73. The van der Waals surface area contributed by atoms with Crippen LogP contribution in [-0.4, -0.2) is 66.5 Å². The molecule has 3 rings (SSSR count). The first-order valence-electron chi connectivity index (χ1n) is 14.8. The first-order valence-corrected chi connectivity index (χ1v) is 14.8. The standard InChI is InChI=1S/C32H37N5O10/c1-19(2)12-24(37-28(40)17-34-27(39)16-35-32(45)46-18-20-6-4-3-5-7-20)31(44)36-22-8-9-23-21(14-30(43)47-25(23)15-22)13-26(38)33-11-10-29(41)42/h3-9,14-15,19,24H,10-13,16-18H2,1-2H3,(H,33,38)(H,34,39)(H,35,45)(H,36,44)(H,37,40)(H,41,42)/t24-/m0/s1. The van der Waals surface area contributed by atoms with Gasteiger partial charge in [-0.2, -0.15) is 0 Å². The first-order chi connectivity index (χ1) is 22.4. The highest BCUT2D eigenvalue weighted by Gasteiger charge is 2.23. The van der Waals surface area contributed by atoms with Gasteiger partial charge in [0.25, 0.3) is 0 Å². The minimum absolute atomic E-state index is 0.00516. The number of benzene rings is 2. The van der Waals surface area contributed by atoms with Gasteiger partial charge in [0.15, 0.2) is 0 Å². The number of carboxylic acid groups (broad SMARTS) is 1. The third-order valence-electron chi connectivity index (χ3n) is 6.52. The Morgan fingerprint density at radius 2 is 1.60 bits per heavy atom. The Bertz CT molecular complexity index is 1650. The number of anilines is 1. The maximum absolute atomic E-state index is 13.2. The predicted octanol–water partition coefficient (Wildman–Crippen LogP) is 1.44. The van der Waals surface area contributed by atoms with E-state index in [0.29, 0.717) is 10.9 Å². The number of fused-ring (bicyclic) bond motifs is 1. The highest BCUT2D eigenvalue weighted by atomic mass is 16.5. The number of rotatable bonds is 16. The van der Waals surface area contributed by atoms with Gasteiger partial charge in [0.05, 0.1) is 19.4 Å². The lowest BCUT2D eigenvalue weighted by atomic mass is 10.0. The number of alkyl carbamates (subject to hydrolysis) is 1. The van der Waals surface area contributed by atoms with Crippen molar-refractivity contribution in [2.24, 2.45) is 5.92 Å². The molecule has 2 aromatic carbocycles. The lowest BCUT2D eigenvalue weighted by Gasteiger charge is -2.20. The van der Waals surface area contributed by atoms with Gasteiger partial charge >= 0.3 is 17.7 Å². The molecule has 0 radical (unpaired) electrons. The van der Waals surface area contributed by atoms with Crippen molar-refractivity contribution in [2.75, 3.05) is 25.0 Å². The molecule has 47 heavy (non-hydrogen) atoms. The molecule has 0 fully saturated rings. The van der Waals surface area contributed by atoms with Crippen molar-refractivity contribution in [1.82, 2.24) is 21.3 Å². The third-order valence-corrected chi connectivity index (χ3v) is 6.52. The molecule has 0 spiro atoms. The Morgan fingerprint density at radius 3 is 2.30 bits per heavy atom. The van der Waals surface area contributed by atoms with Crippen molar-refractivity contribution in [3.05, 3.63) is 76.1 Å². The molecule has 250 valence electrons. The summed E-state index contributed by atoms with van der Waals surface area (Å²) in [6, 6.07) is 13.7. The fourth-order valence-corrected chi connectivity index (χ4v) is 4.34. The van der Waals surface area contributed by atoms with Crippen LogP contribution in [0.2, 0.25) is 0 Å². The molecular formula is C32H37N5O10. The van der Waals surface area contributed by atoms with Crippen LogP contribution < -0.4 is 32.2 Å². The van der Waals surface area contributed by atoms with Gasteiger partial charge in [0.2, 0.25) is 23.6 Å². The molecule has 0 bridgehead atoms. The number of carbonyl (C=O) groups is 6. The number of carboxylic acids is 1. The molecule has 1 heterocycles. The van der Waals surface area contributed by atoms with Crippen molar-refractivity contribution >= 4 is 52.3 Å². The quantitative estimate of drug-likeness (QED) is 0.122. The zero-order chi connectivity index (χ0) is 34.3. The van der Waals surface area contributed by atoms with Crippen LogP contribution >= 0.6 is 0 Å². The van der Waals surface area contributed by atoms with Gasteiger partial charge < -0.3 is 40.8 Å². The summed E-state index contributed by atoms with van der Waals surface area (Å²) in [5.41, 5.74) is 0.774. The average Bonchev–Trinajstić information content (AvgIpc) is 3.01. The van der Waals surface area contributed by atoms with Crippen LogP contribution in [0.5, 0.6) is 0 Å². The summed E-state index contributed by atoms with van der Waals surface area (Å²) < 4.78 is 10.3. The normalized spacial score (nSPS) is 11.3. The minimum Gasteiger partial charge on any atom is -0.481 e. The van der Waals surface area contributed by atoms with Crippen LogP contribution in [0.25, 0.3) is 11.0 Å². The van der Waals surface area contributed by atoms with E-state index in [1.54, 1.807) is 36.4 Å². The summed E-state index contributed by atoms with van der Waals surface area (Å²) in [7, 11) is 0. The van der Waals surface area contributed by atoms with Crippen LogP contribution in [0, 0.1) is 5.92 Å². The van der Waals surface area contributed by atoms with Gasteiger partial charge in [-0.3, -0.25) is 24.0 Å². The molecule has 0 saturated heterocycles. The van der Waals surface area contributed by atoms with E-state index < -0.39 is 60.4 Å². The van der Waals surface area contributed by atoms with E-state index in [4.69, 9.17) is 14.3 Å². The molecule has 5 amide bonds. The molecule has 3 aromatic rings. The van der Waals surface area contributed by atoms with Gasteiger partial charge in [-0.15, -0.1) is 0 Å². The lowest BCUT2D eigenvalue weighted by molar-refractivity contribution is -0.137. The minimum atomic E-state index is -1.06. The van der Waals surface area contributed by atoms with E-state index in [1.807, 2.05) is 19.9 Å². The molecule has 0 unspecified atom stereocenters. The molecular weight excluding hydrogens is 614 g/mol. The molecule has 0 saturated carbocycles. The topological polar surface area (TPSA) is 222 Å². The van der Waals surface area contributed by atoms with Crippen LogP contribution in [0.4, 0.5) is 10.5 Å². The third kappa shape index (κ3) is 12.7. The number of nitrogens with one attached hydrogen (secondary N) is 5. The van der Waals surface area contributed by atoms with Gasteiger partial charge in [0, 0.05) is 29.8 Å². The van der Waals surface area contributed by atoms with Crippen molar-refractivity contribution in [3.8, 4) is 0 Å². The highest BCUT2D eigenvalue weighted by Crippen LogP contribution is 2.22. The number of hydrogen-bond donors (Lipinski definition) is 6. The van der Waals surface area contributed by atoms with Gasteiger partial charge in [-0.25, -0.2) is 9.59 Å². The Morgan fingerprint density at radius 1 is 0.872 bits per heavy atom. The van der Waals surface area contributed by atoms with Gasteiger partial charge in [-0.1, -0.05) is 44.2 Å². The Balaban J connectivity index is 1.54. The lowest BCUT2D eigenvalue weighted by Crippen LogP contribution is -2.49. The van der Waals surface area contributed by atoms with Crippen molar-refractivity contribution in [2.45, 2.75) is 45.8 Å². The van der Waals surface area contributed by atoms with E-state index in [1.165, 1.54) is 6.07 Å². The number of amides is 5. The fourth-order valence-electron chi connectivity index (χ4n) is 4.34. The fraction of sp³-hybridized carbons (Fsp3) is 0.344.